The highest BCUT2D eigenvalue weighted by atomic mass is 32.1. The zero-order valence-corrected chi connectivity index (χ0v) is 18.2. The van der Waals surface area contributed by atoms with Gasteiger partial charge in [-0.3, -0.25) is 9.69 Å². The van der Waals surface area contributed by atoms with Crippen molar-refractivity contribution in [2.45, 2.75) is 32.3 Å². The molecule has 3 aromatic rings. The van der Waals surface area contributed by atoms with E-state index in [0.717, 1.165) is 41.0 Å². The lowest BCUT2D eigenvalue weighted by atomic mass is 10.1. The van der Waals surface area contributed by atoms with E-state index in [1.54, 1.807) is 4.90 Å². The third-order valence-corrected chi connectivity index (χ3v) is 6.44. The number of nitrogens with zero attached hydrogens (tertiary/aromatic N) is 2. The number of rotatable bonds is 7. The highest BCUT2D eigenvalue weighted by molar-refractivity contribution is 7.22. The SMILES string of the molecule is CCOc1ccc2nc(N(CC3CCCO3)C(=O)Cc3ccc4c(c3)OCO4)sc2c1. The van der Waals surface area contributed by atoms with Crippen LogP contribution < -0.4 is 19.1 Å². The van der Waals surface area contributed by atoms with Gasteiger partial charge in [-0.2, -0.15) is 0 Å². The number of carbonyl (C=O) groups is 1. The predicted octanol–water partition coefficient (Wildman–Crippen LogP) is 4.18. The van der Waals surface area contributed by atoms with Gasteiger partial charge in [-0.1, -0.05) is 17.4 Å². The number of carbonyl (C=O) groups excluding carboxylic acids is 1. The van der Waals surface area contributed by atoms with Gasteiger partial charge in [0.1, 0.15) is 5.75 Å². The number of aromatic nitrogens is 1. The monoisotopic (exact) mass is 440 g/mol. The van der Waals surface area contributed by atoms with Crippen molar-refractivity contribution in [2.24, 2.45) is 0 Å². The molecule has 1 fully saturated rings. The molecule has 0 radical (unpaired) electrons. The van der Waals surface area contributed by atoms with Crippen molar-refractivity contribution >= 4 is 32.6 Å². The van der Waals surface area contributed by atoms with Crippen LogP contribution in [0, 0.1) is 0 Å². The lowest BCUT2D eigenvalue weighted by molar-refractivity contribution is -0.118. The quantitative estimate of drug-likeness (QED) is 0.549. The van der Waals surface area contributed by atoms with Gasteiger partial charge in [0.05, 0.1) is 35.9 Å². The predicted molar refractivity (Wildman–Crippen MR) is 118 cm³/mol. The fraction of sp³-hybridized carbons (Fsp3) is 0.391. The summed E-state index contributed by atoms with van der Waals surface area (Å²) >= 11 is 1.50. The van der Waals surface area contributed by atoms with Crippen LogP contribution >= 0.6 is 11.3 Å². The largest absolute Gasteiger partial charge is 0.494 e. The summed E-state index contributed by atoms with van der Waals surface area (Å²) in [4.78, 5) is 19.9. The first-order valence-electron chi connectivity index (χ1n) is 10.5. The first-order valence-corrected chi connectivity index (χ1v) is 11.3. The fourth-order valence-corrected chi connectivity index (χ4v) is 4.88. The van der Waals surface area contributed by atoms with E-state index in [2.05, 4.69) is 0 Å². The summed E-state index contributed by atoms with van der Waals surface area (Å²) in [7, 11) is 0. The van der Waals surface area contributed by atoms with Gasteiger partial charge in [0.25, 0.3) is 0 Å². The molecule has 1 unspecified atom stereocenters. The van der Waals surface area contributed by atoms with E-state index in [4.69, 9.17) is 23.9 Å². The summed E-state index contributed by atoms with van der Waals surface area (Å²) in [6, 6.07) is 11.5. The van der Waals surface area contributed by atoms with E-state index in [-0.39, 0.29) is 25.2 Å². The Kier molecular flexibility index (Phi) is 5.65. The summed E-state index contributed by atoms with van der Waals surface area (Å²) in [6.45, 7) is 4.03. The van der Waals surface area contributed by atoms with E-state index in [1.807, 2.05) is 43.3 Å². The Bertz CT molecular complexity index is 1090. The average Bonchev–Trinajstić information content (AvgIpc) is 3.51. The summed E-state index contributed by atoms with van der Waals surface area (Å²) in [5.41, 5.74) is 1.74. The lowest BCUT2D eigenvalue weighted by Gasteiger charge is -2.23. The summed E-state index contributed by atoms with van der Waals surface area (Å²) in [5, 5.41) is 0.685. The summed E-state index contributed by atoms with van der Waals surface area (Å²) in [5.74, 6) is 2.18. The van der Waals surface area contributed by atoms with Gasteiger partial charge in [0.2, 0.25) is 12.7 Å². The Hall–Kier alpha value is -2.84. The molecule has 1 saturated heterocycles. The van der Waals surface area contributed by atoms with Gasteiger partial charge in [0, 0.05) is 6.61 Å². The maximum absolute atomic E-state index is 13.4. The van der Waals surface area contributed by atoms with Crippen molar-refractivity contribution in [3.8, 4) is 17.2 Å². The highest BCUT2D eigenvalue weighted by Crippen LogP contribution is 2.34. The zero-order chi connectivity index (χ0) is 21.2. The number of ether oxygens (including phenoxy) is 4. The molecule has 0 N–H and O–H groups in total. The van der Waals surface area contributed by atoms with Crippen molar-refractivity contribution < 1.29 is 23.7 Å². The van der Waals surface area contributed by atoms with E-state index < -0.39 is 0 Å². The van der Waals surface area contributed by atoms with Crippen LogP contribution in [0.5, 0.6) is 17.2 Å². The summed E-state index contributed by atoms with van der Waals surface area (Å²) in [6.07, 6.45) is 2.26. The van der Waals surface area contributed by atoms with Gasteiger partial charge < -0.3 is 18.9 Å². The minimum atomic E-state index is -0.0153. The molecule has 0 aliphatic carbocycles. The Balaban J connectivity index is 1.42. The van der Waals surface area contributed by atoms with E-state index in [0.29, 0.717) is 29.8 Å². The molecule has 1 atom stereocenters. The third-order valence-electron chi connectivity index (χ3n) is 5.39. The third kappa shape index (κ3) is 4.31. The number of hydrogen-bond acceptors (Lipinski definition) is 7. The Labute approximate surface area is 184 Å². The molecule has 0 spiro atoms. The fourth-order valence-electron chi connectivity index (χ4n) is 3.86. The normalized spacial score (nSPS) is 17.3. The Morgan fingerprint density at radius 3 is 2.97 bits per heavy atom. The average molecular weight is 441 g/mol. The molecule has 31 heavy (non-hydrogen) atoms. The van der Waals surface area contributed by atoms with Crippen molar-refractivity contribution in [3.05, 3.63) is 42.0 Å². The van der Waals surface area contributed by atoms with Crippen LogP contribution in [-0.4, -0.2) is 43.5 Å². The molecule has 2 aliphatic rings. The smallest absolute Gasteiger partial charge is 0.233 e. The number of amides is 1. The van der Waals surface area contributed by atoms with Gasteiger partial charge in [-0.05, 0) is 55.7 Å². The maximum Gasteiger partial charge on any atom is 0.233 e. The second-order valence-corrected chi connectivity index (χ2v) is 8.57. The second-order valence-electron chi connectivity index (χ2n) is 7.56. The number of fused-ring (bicyclic) bond motifs is 2. The van der Waals surface area contributed by atoms with Crippen molar-refractivity contribution in [1.82, 2.24) is 4.98 Å². The standard InChI is InChI=1S/C23H24N2O5S/c1-2-27-16-6-7-18-21(12-16)31-23(24-18)25(13-17-4-3-9-28-17)22(26)11-15-5-8-19-20(10-15)30-14-29-19/h5-8,10,12,17H,2-4,9,11,13-14H2,1H3. The second kappa shape index (κ2) is 8.72. The van der Waals surface area contributed by atoms with Gasteiger partial charge in [-0.25, -0.2) is 4.98 Å². The van der Waals surface area contributed by atoms with Gasteiger partial charge in [0.15, 0.2) is 16.6 Å². The lowest BCUT2D eigenvalue weighted by Crippen LogP contribution is -2.38. The van der Waals surface area contributed by atoms with Crippen LogP contribution in [0.4, 0.5) is 5.13 Å². The van der Waals surface area contributed by atoms with Crippen LogP contribution in [0.3, 0.4) is 0 Å². The van der Waals surface area contributed by atoms with E-state index >= 15 is 0 Å². The van der Waals surface area contributed by atoms with Crippen molar-refractivity contribution in [2.75, 3.05) is 31.5 Å². The molecular weight excluding hydrogens is 416 g/mol. The molecule has 7 nitrogen and oxygen atoms in total. The number of thiazole rings is 1. The molecule has 2 aliphatic heterocycles. The molecule has 8 heteroatoms. The van der Waals surface area contributed by atoms with E-state index in [9.17, 15) is 4.79 Å². The summed E-state index contributed by atoms with van der Waals surface area (Å²) < 4.78 is 23.2. The van der Waals surface area contributed by atoms with Crippen LogP contribution in [0.25, 0.3) is 10.2 Å². The van der Waals surface area contributed by atoms with Crippen molar-refractivity contribution in [3.63, 3.8) is 0 Å². The van der Waals surface area contributed by atoms with E-state index in [1.165, 1.54) is 11.3 Å². The minimum absolute atomic E-state index is 0.0153. The first-order chi connectivity index (χ1) is 15.2. The molecule has 2 aromatic carbocycles. The maximum atomic E-state index is 13.4. The topological polar surface area (TPSA) is 70.1 Å². The highest BCUT2D eigenvalue weighted by Gasteiger charge is 2.27. The molecule has 1 amide bonds. The minimum Gasteiger partial charge on any atom is -0.494 e. The van der Waals surface area contributed by atoms with Gasteiger partial charge >= 0.3 is 0 Å². The Morgan fingerprint density at radius 1 is 1.23 bits per heavy atom. The molecule has 1 aromatic heterocycles. The molecule has 5 rings (SSSR count). The number of hydrogen-bond donors (Lipinski definition) is 0. The van der Waals surface area contributed by atoms with Crippen LogP contribution in [0.1, 0.15) is 25.3 Å². The van der Waals surface area contributed by atoms with Crippen LogP contribution in [0.15, 0.2) is 36.4 Å². The van der Waals surface area contributed by atoms with Crippen LogP contribution in [-0.2, 0) is 16.0 Å². The molecule has 0 saturated carbocycles. The van der Waals surface area contributed by atoms with Crippen molar-refractivity contribution in [1.29, 1.82) is 0 Å². The Morgan fingerprint density at radius 2 is 2.13 bits per heavy atom. The molecule has 3 heterocycles. The number of anilines is 1. The molecular formula is C23H24N2O5S. The molecule has 0 bridgehead atoms. The zero-order valence-electron chi connectivity index (χ0n) is 17.3. The van der Waals surface area contributed by atoms with Crippen LogP contribution in [0.2, 0.25) is 0 Å². The van der Waals surface area contributed by atoms with Gasteiger partial charge in [-0.15, -0.1) is 0 Å². The molecule has 162 valence electrons. The first kappa shape index (κ1) is 20.1. The number of benzene rings is 2.